The highest BCUT2D eigenvalue weighted by Crippen LogP contribution is 2.23. The van der Waals surface area contributed by atoms with Gasteiger partial charge in [-0.3, -0.25) is 0 Å². The molecule has 0 saturated heterocycles. The Kier molecular flexibility index (Phi) is 5.08. The molecule has 1 N–H and O–H groups in total. The molecule has 1 aromatic heterocycles. The Morgan fingerprint density at radius 1 is 1.05 bits per heavy atom. The second kappa shape index (κ2) is 7.42. The van der Waals surface area contributed by atoms with E-state index < -0.39 is 0 Å². The van der Waals surface area contributed by atoms with Crippen LogP contribution in [0.15, 0.2) is 59.8 Å². The maximum atomic E-state index is 4.52. The van der Waals surface area contributed by atoms with Crippen molar-refractivity contribution in [3.8, 4) is 0 Å². The molecule has 0 saturated carbocycles. The fourth-order valence-electron chi connectivity index (χ4n) is 2.06. The van der Waals surface area contributed by atoms with E-state index in [1.165, 1.54) is 28.2 Å². The summed E-state index contributed by atoms with van der Waals surface area (Å²) in [6, 6.07) is 18.9. The van der Waals surface area contributed by atoms with Crippen molar-refractivity contribution in [1.82, 2.24) is 9.36 Å². The summed E-state index contributed by atoms with van der Waals surface area (Å²) < 4.78 is 4.39. The molecule has 0 bridgehead atoms. The molecule has 22 heavy (non-hydrogen) atoms. The fourth-order valence-corrected chi connectivity index (χ4v) is 3.56. The van der Waals surface area contributed by atoms with Crippen molar-refractivity contribution in [2.24, 2.45) is 0 Å². The Hall–Kier alpha value is -1.85. The van der Waals surface area contributed by atoms with E-state index in [4.69, 9.17) is 0 Å². The molecule has 1 heterocycles. The first-order valence-electron chi connectivity index (χ1n) is 7.09. The van der Waals surface area contributed by atoms with Crippen LogP contribution in [0.4, 0.5) is 5.13 Å². The van der Waals surface area contributed by atoms with Crippen molar-refractivity contribution in [2.45, 2.75) is 24.4 Å². The molecule has 0 aliphatic heterocycles. The molecular weight excluding hydrogens is 310 g/mol. The maximum Gasteiger partial charge on any atom is 0.203 e. The van der Waals surface area contributed by atoms with Gasteiger partial charge in [0, 0.05) is 23.8 Å². The lowest BCUT2D eigenvalue weighted by atomic mass is 10.1. The quantitative estimate of drug-likeness (QED) is 0.663. The zero-order valence-electron chi connectivity index (χ0n) is 12.3. The van der Waals surface area contributed by atoms with Crippen LogP contribution >= 0.6 is 23.3 Å². The molecule has 3 aromatic rings. The van der Waals surface area contributed by atoms with Crippen molar-refractivity contribution in [3.63, 3.8) is 0 Å². The van der Waals surface area contributed by atoms with Crippen molar-refractivity contribution < 1.29 is 0 Å². The van der Waals surface area contributed by atoms with Crippen molar-refractivity contribution in [1.29, 1.82) is 0 Å². The summed E-state index contributed by atoms with van der Waals surface area (Å²) in [5.74, 6) is 0.898. The van der Waals surface area contributed by atoms with Crippen LogP contribution in [-0.4, -0.2) is 9.36 Å². The molecule has 112 valence electrons. The average Bonchev–Trinajstić information content (AvgIpc) is 3.00. The highest BCUT2D eigenvalue weighted by Gasteiger charge is 2.05. The molecule has 0 atom stereocenters. The van der Waals surface area contributed by atoms with Gasteiger partial charge in [-0.1, -0.05) is 71.9 Å². The van der Waals surface area contributed by atoms with E-state index >= 15 is 0 Å². The predicted octanol–water partition coefficient (Wildman–Crippen LogP) is 4.75. The van der Waals surface area contributed by atoms with Crippen LogP contribution < -0.4 is 5.32 Å². The van der Waals surface area contributed by atoms with Crippen molar-refractivity contribution >= 4 is 28.4 Å². The molecule has 5 heteroatoms. The van der Waals surface area contributed by atoms with Gasteiger partial charge in [0.2, 0.25) is 10.3 Å². The number of thioether (sulfide) groups is 1. The summed E-state index contributed by atoms with van der Waals surface area (Å²) in [4.78, 5) is 4.52. The Balaban J connectivity index is 1.53. The molecule has 3 nitrogen and oxygen atoms in total. The lowest BCUT2D eigenvalue weighted by Crippen LogP contribution is -1.98. The highest BCUT2D eigenvalue weighted by molar-refractivity contribution is 7.98. The van der Waals surface area contributed by atoms with Crippen LogP contribution in [0, 0.1) is 6.92 Å². The van der Waals surface area contributed by atoms with Gasteiger partial charge in [0.25, 0.3) is 0 Å². The Bertz CT molecular complexity index is 726. The number of anilines is 1. The molecule has 0 fully saturated rings. The predicted molar refractivity (Wildman–Crippen MR) is 94.4 cm³/mol. The van der Waals surface area contributed by atoms with E-state index in [2.05, 4.69) is 70.1 Å². The number of hydrogen-bond donors (Lipinski definition) is 1. The first-order chi connectivity index (χ1) is 10.8. The molecule has 0 unspecified atom stereocenters. The highest BCUT2D eigenvalue weighted by atomic mass is 32.2. The topological polar surface area (TPSA) is 37.8 Å². The molecule has 3 rings (SSSR count). The minimum atomic E-state index is 0.777. The van der Waals surface area contributed by atoms with E-state index in [0.29, 0.717) is 0 Å². The lowest BCUT2D eigenvalue weighted by molar-refractivity contribution is 1.05. The van der Waals surface area contributed by atoms with Crippen LogP contribution in [0.3, 0.4) is 0 Å². The van der Waals surface area contributed by atoms with Gasteiger partial charge in [-0.25, -0.2) is 0 Å². The first kappa shape index (κ1) is 15.1. The monoisotopic (exact) mass is 327 g/mol. The van der Waals surface area contributed by atoms with Gasteiger partial charge in [-0.2, -0.15) is 9.36 Å². The van der Waals surface area contributed by atoms with Crippen LogP contribution in [0.1, 0.15) is 16.7 Å². The first-order valence-corrected chi connectivity index (χ1v) is 8.85. The molecule has 0 amide bonds. The molecule has 0 aliphatic carbocycles. The largest absolute Gasteiger partial charge is 0.356 e. The second-order valence-electron chi connectivity index (χ2n) is 5.00. The number of rotatable bonds is 6. The number of nitrogens with zero attached hydrogens (tertiary/aromatic N) is 2. The van der Waals surface area contributed by atoms with Crippen LogP contribution in [0.5, 0.6) is 0 Å². The molecule has 0 spiro atoms. The van der Waals surface area contributed by atoms with Gasteiger partial charge >= 0.3 is 0 Å². The summed E-state index contributed by atoms with van der Waals surface area (Å²) in [7, 11) is 0. The third-order valence-electron chi connectivity index (χ3n) is 3.14. The normalized spacial score (nSPS) is 10.6. The molecule has 0 aliphatic rings. The SMILES string of the molecule is Cc1cccc(CNc2nc(SCc3ccccc3)ns2)c1. The second-order valence-corrected chi connectivity index (χ2v) is 6.69. The summed E-state index contributed by atoms with van der Waals surface area (Å²) in [6.07, 6.45) is 0. The Labute approximate surface area is 139 Å². The summed E-state index contributed by atoms with van der Waals surface area (Å²) >= 11 is 3.08. The Morgan fingerprint density at radius 3 is 2.68 bits per heavy atom. The van der Waals surface area contributed by atoms with Gasteiger partial charge in [-0.05, 0) is 18.1 Å². The smallest absolute Gasteiger partial charge is 0.203 e. The third-order valence-corrected chi connectivity index (χ3v) is 4.85. The molecule has 0 radical (unpaired) electrons. The Morgan fingerprint density at radius 2 is 1.86 bits per heavy atom. The zero-order chi connectivity index (χ0) is 15.2. The number of benzene rings is 2. The van der Waals surface area contributed by atoms with Gasteiger partial charge in [0.15, 0.2) is 0 Å². The van der Waals surface area contributed by atoms with E-state index in [9.17, 15) is 0 Å². The van der Waals surface area contributed by atoms with Crippen LogP contribution in [0.25, 0.3) is 0 Å². The summed E-state index contributed by atoms with van der Waals surface area (Å²) in [5, 5.41) is 5.04. The van der Waals surface area contributed by atoms with E-state index in [-0.39, 0.29) is 0 Å². The number of aryl methyl sites for hydroxylation is 1. The minimum Gasteiger partial charge on any atom is -0.356 e. The number of nitrogens with one attached hydrogen (secondary N) is 1. The maximum absolute atomic E-state index is 4.52. The lowest BCUT2D eigenvalue weighted by Gasteiger charge is -2.03. The van der Waals surface area contributed by atoms with Gasteiger partial charge < -0.3 is 5.32 Å². The fraction of sp³-hybridized carbons (Fsp3) is 0.176. The van der Waals surface area contributed by atoms with Crippen molar-refractivity contribution in [3.05, 3.63) is 71.3 Å². The average molecular weight is 327 g/mol. The minimum absolute atomic E-state index is 0.777. The summed E-state index contributed by atoms with van der Waals surface area (Å²) in [6.45, 7) is 2.88. The van der Waals surface area contributed by atoms with Gasteiger partial charge in [0.05, 0.1) is 0 Å². The third kappa shape index (κ3) is 4.32. The van der Waals surface area contributed by atoms with Crippen LogP contribution in [0.2, 0.25) is 0 Å². The van der Waals surface area contributed by atoms with E-state index in [0.717, 1.165) is 22.6 Å². The van der Waals surface area contributed by atoms with Gasteiger partial charge in [-0.15, -0.1) is 0 Å². The van der Waals surface area contributed by atoms with E-state index in [1.54, 1.807) is 11.8 Å². The molecule has 2 aromatic carbocycles. The van der Waals surface area contributed by atoms with Crippen LogP contribution in [-0.2, 0) is 12.3 Å². The van der Waals surface area contributed by atoms with Gasteiger partial charge in [0.1, 0.15) is 0 Å². The standard InChI is InChI=1S/C17H17N3S2/c1-13-6-5-9-15(10-13)11-18-16-19-17(20-22-16)21-12-14-7-3-2-4-8-14/h2-10H,11-12H2,1H3,(H,18,19,20). The van der Waals surface area contributed by atoms with E-state index in [1.807, 2.05) is 6.07 Å². The summed E-state index contributed by atoms with van der Waals surface area (Å²) in [5.41, 5.74) is 3.82. The number of hydrogen-bond acceptors (Lipinski definition) is 5. The zero-order valence-corrected chi connectivity index (χ0v) is 14.0. The number of aromatic nitrogens is 2. The molecular formula is C17H17N3S2. The van der Waals surface area contributed by atoms with Crippen molar-refractivity contribution in [2.75, 3.05) is 5.32 Å².